The average Bonchev–Trinajstić information content (AvgIpc) is 3.23. The van der Waals surface area contributed by atoms with Crippen molar-refractivity contribution in [3.05, 3.63) is 48.6 Å². The Hall–Kier alpha value is -1.98. The first-order chi connectivity index (χ1) is 29.4. The third-order valence-electron chi connectivity index (χ3n) is 10.9. The van der Waals surface area contributed by atoms with Gasteiger partial charge in [-0.05, 0) is 70.6 Å². The number of carbonyl (C=O) groups is 1. The predicted molar refractivity (Wildman–Crippen MR) is 242 cm³/mol. The lowest BCUT2D eigenvalue weighted by Gasteiger charge is -2.41. The number of aliphatic hydroxyl groups excluding tert-OH is 5. The molecule has 0 saturated carbocycles. The number of hydrogen-bond acceptors (Lipinski definition) is 11. The molecule has 0 aromatic carbocycles. The largest absolute Gasteiger partial charge is 0.397 e. The lowest BCUT2D eigenvalue weighted by Crippen LogP contribution is -2.61. The minimum absolute atomic E-state index is 0.202. The summed E-state index contributed by atoms with van der Waals surface area (Å²) in [4.78, 5) is 13.1. The van der Waals surface area contributed by atoms with Crippen LogP contribution in [0.15, 0.2) is 48.6 Å². The standard InChI is InChI=1S/C47H85NO12S/c1-3-5-7-9-11-13-15-17-18-19-20-21-22-23-24-26-27-29-31-33-35-40(50)39(38-58-47-44(53)45(60-61(55,56)57)43(52)42(37-49)59-47)48-46(54)41(51)36-34-32-30-28-25-16-14-12-10-8-6-4-2/h21-22,25-28,33,35,39-45,47,49-53H,3-20,23-24,29-32,34,36-38H2,1-2H3,(H,48,54)(H,55,56,57)/b22-21+,27-26+,28-25-,35-33+. The zero-order chi connectivity index (χ0) is 45.0. The Kier molecular flexibility index (Phi) is 35.0. The van der Waals surface area contributed by atoms with Gasteiger partial charge in [0.15, 0.2) is 6.29 Å². The third kappa shape index (κ3) is 29.9. The molecule has 13 nitrogen and oxygen atoms in total. The number of ether oxygens (including phenoxy) is 2. The topological polar surface area (TPSA) is 212 Å². The summed E-state index contributed by atoms with van der Waals surface area (Å²) in [5.74, 6) is -0.735. The van der Waals surface area contributed by atoms with Crippen LogP contribution in [0.3, 0.4) is 0 Å². The van der Waals surface area contributed by atoms with Gasteiger partial charge in [0, 0.05) is 0 Å². The predicted octanol–water partition coefficient (Wildman–Crippen LogP) is 8.24. The molecule has 14 heteroatoms. The molecule has 1 amide bonds. The highest BCUT2D eigenvalue weighted by atomic mass is 32.3. The molecular weight excluding hydrogens is 803 g/mol. The molecule has 0 bridgehead atoms. The molecule has 1 saturated heterocycles. The van der Waals surface area contributed by atoms with E-state index in [1.54, 1.807) is 6.08 Å². The average molecular weight is 888 g/mol. The summed E-state index contributed by atoms with van der Waals surface area (Å²) in [6.45, 7) is 3.16. The molecule has 1 fully saturated rings. The van der Waals surface area contributed by atoms with Gasteiger partial charge in [0.05, 0.1) is 25.4 Å². The summed E-state index contributed by atoms with van der Waals surface area (Å²) in [6.07, 6.45) is 33.5. The van der Waals surface area contributed by atoms with Gasteiger partial charge in [0.2, 0.25) is 5.91 Å². The van der Waals surface area contributed by atoms with E-state index in [4.69, 9.17) is 9.47 Å². The second-order valence-electron chi connectivity index (χ2n) is 16.5. The van der Waals surface area contributed by atoms with Crippen LogP contribution in [0.2, 0.25) is 0 Å². The monoisotopic (exact) mass is 888 g/mol. The van der Waals surface area contributed by atoms with E-state index in [-0.39, 0.29) is 6.42 Å². The molecule has 0 aliphatic carbocycles. The van der Waals surface area contributed by atoms with Gasteiger partial charge in [-0.25, -0.2) is 4.18 Å². The Morgan fingerprint density at radius 1 is 0.656 bits per heavy atom. The fourth-order valence-electron chi connectivity index (χ4n) is 7.13. The van der Waals surface area contributed by atoms with Crippen molar-refractivity contribution >= 4 is 16.3 Å². The van der Waals surface area contributed by atoms with Crippen LogP contribution < -0.4 is 5.32 Å². The lowest BCUT2D eigenvalue weighted by molar-refractivity contribution is -0.298. The number of amides is 1. The Labute approximate surface area is 369 Å². The normalized spacial score (nSPS) is 21.6. The Balaban J connectivity index is 2.63. The van der Waals surface area contributed by atoms with Crippen molar-refractivity contribution in [3.8, 4) is 0 Å². The van der Waals surface area contributed by atoms with Crippen molar-refractivity contribution in [2.75, 3.05) is 13.2 Å². The van der Waals surface area contributed by atoms with Crippen molar-refractivity contribution in [2.45, 2.75) is 230 Å². The molecule has 0 aromatic heterocycles. The Bertz CT molecular complexity index is 1290. The number of hydrogen-bond donors (Lipinski definition) is 7. The quantitative estimate of drug-likeness (QED) is 0.0177. The number of aliphatic hydroxyl groups is 5. The summed E-state index contributed by atoms with van der Waals surface area (Å²) in [5, 5.41) is 55.1. The van der Waals surface area contributed by atoms with Gasteiger partial charge in [-0.2, -0.15) is 8.42 Å². The van der Waals surface area contributed by atoms with E-state index in [0.717, 1.165) is 44.9 Å². The second kappa shape index (κ2) is 37.4. The van der Waals surface area contributed by atoms with Gasteiger partial charge in [-0.15, -0.1) is 0 Å². The zero-order valence-corrected chi connectivity index (χ0v) is 38.4. The van der Waals surface area contributed by atoms with Crippen molar-refractivity contribution in [1.29, 1.82) is 0 Å². The number of carbonyl (C=O) groups excluding carboxylic acids is 1. The second-order valence-corrected chi connectivity index (χ2v) is 17.5. The van der Waals surface area contributed by atoms with Crippen LogP contribution in [0.5, 0.6) is 0 Å². The number of nitrogens with one attached hydrogen (secondary N) is 1. The molecule has 1 rings (SSSR count). The maximum atomic E-state index is 13.1. The van der Waals surface area contributed by atoms with Gasteiger partial charge in [0.25, 0.3) is 0 Å². The SMILES string of the molecule is CCCCCCCC/C=C\CCCCC(O)C(=O)NC(COC1OC(CO)C(O)C(OS(=O)(=O)O)C1O)C(O)/C=C/CC/C=C/CC/C=C/CCCCCCCCCCCC. The smallest absolute Gasteiger partial charge is 0.394 e. The van der Waals surface area contributed by atoms with Crippen molar-refractivity contribution in [3.63, 3.8) is 0 Å². The van der Waals surface area contributed by atoms with Crippen molar-refractivity contribution < 1.29 is 57.0 Å². The molecule has 356 valence electrons. The number of unbranched alkanes of at least 4 members (excludes halogenated alkanes) is 20. The maximum Gasteiger partial charge on any atom is 0.397 e. The first-order valence-corrected chi connectivity index (χ1v) is 25.0. The highest BCUT2D eigenvalue weighted by molar-refractivity contribution is 7.80. The fraction of sp³-hybridized carbons (Fsp3) is 0.809. The van der Waals surface area contributed by atoms with E-state index in [1.807, 2.05) is 0 Å². The molecule has 1 aliphatic heterocycles. The van der Waals surface area contributed by atoms with Crippen LogP contribution in [0, 0.1) is 0 Å². The van der Waals surface area contributed by atoms with Crippen LogP contribution in [-0.2, 0) is 28.9 Å². The Morgan fingerprint density at radius 2 is 1.10 bits per heavy atom. The highest BCUT2D eigenvalue weighted by Crippen LogP contribution is 2.26. The number of rotatable bonds is 39. The summed E-state index contributed by atoms with van der Waals surface area (Å²) in [5.41, 5.74) is 0. The summed E-state index contributed by atoms with van der Waals surface area (Å²) in [6, 6.07) is -1.15. The first-order valence-electron chi connectivity index (χ1n) is 23.6. The summed E-state index contributed by atoms with van der Waals surface area (Å²) >= 11 is 0. The zero-order valence-electron chi connectivity index (χ0n) is 37.6. The summed E-state index contributed by atoms with van der Waals surface area (Å²) < 4.78 is 47.5. The lowest BCUT2D eigenvalue weighted by atomic mass is 9.99. The van der Waals surface area contributed by atoms with Gasteiger partial charge < -0.3 is 40.3 Å². The van der Waals surface area contributed by atoms with Crippen LogP contribution in [-0.4, -0.2) is 107 Å². The molecule has 1 aliphatic rings. The highest BCUT2D eigenvalue weighted by Gasteiger charge is 2.48. The number of allylic oxidation sites excluding steroid dienone is 7. The minimum Gasteiger partial charge on any atom is -0.394 e. The minimum atomic E-state index is -5.13. The van der Waals surface area contributed by atoms with Crippen molar-refractivity contribution in [1.82, 2.24) is 5.32 Å². The van der Waals surface area contributed by atoms with Gasteiger partial charge in [-0.3, -0.25) is 9.35 Å². The molecule has 8 unspecified atom stereocenters. The molecule has 0 spiro atoms. The van der Waals surface area contributed by atoms with Crippen LogP contribution >= 0.6 is 0 Å². The van der Waals surface area contributed by atoms with E-state index in [2.05, 4.69) is 59.8 Å². The van der Waals surface area contributed by atoms with Crippen LogP contribution in [0.25, 0.3) is 0 Å². The van der Waals surface area contributed by atoms with E-state index in [1.165, 1.54) is 109 Å². The molecule has 8 atom stereocenters. The van der Waals surface area contributed by atoms with E-state index in [9.17, 15) is 43.3 Å². The molecular formula is C47H85NO12S. The van der Waals surface area contributed by atoms with Crippen molar-refractivity contribution in [2.24, 2.45) is 0 Å². The van der Waals surface area contributed by atoms with E-state index in [0.29, 0.717) is 12.8 Å². The summed E-state index contributed by atoms with van der Waals surface area (Å²) in [7, 11) is -5.13. The van der Waals surface area contributed by atoms with E-state index >= 15 is 0 Å². The van der Waals surface area contributed by atoms with Gasteiger partial charge in [0.1, 0.15) is 30.5 Å². The third-order valence-corrected chi connectivity index (χ3v) is 11.4. The molecule has 0 radical (unpaired) electrons. The molecule has 61 heavy (non-hydrogen) atoms. The fourth-order valence-corrected chi connectivity index (χ4v) is 7.64. The molecule has 7 N–H and O–H groups in total. The van der Waals surface area contributed by atoms with E-state index < -0.39 is 78.5 Å². The van der Waals surface area contributed by atoms with Gasteiger partial charge >= 0.3 is 10.4 Å². The van der Waals surface area contributed by atoms with Crippen LogP contribution in [0.4, 0.5) is 0 Å². The first kappa shape index (κ1) is 57.0. The maximum absolute atomic E-state index is 13.1. The molecule has 1 heterocycles. The van der Waals surface area contributed by atoms with Gasteiger partial charge in [-0.1, -0.05) is 159 Å². The molecule has 0 aromatic rings. The Morgan fingerprint density at radius 3 is 1.57 bits per heavy atom. The van der Waals surface area contributed by atoms with Crippen LogP contribution in [0.1, 0.15) is 181 Å².